The van der Waals surface area contributed by atoms with Crippen LogP contribution < -0.4 is 15.7 Å². The highest BCUT2D eigenvalue weighted by molar-refractivity contribution is 8.20. The summed E-state index contributed by atoms with van der Waals surface area (Å²) in [5.74, 6) is -0.689. The van der Waals surface area contributed by atoms with Crippen molar-refractivity contribution in [1.82, 2.24) is 5.09 Å². The number of hydrogen-bond donors (Lipinski definition) is 2. The fraction of sp³-hybridized carbons (Fsp3) is 0.269. The van der Waals surface area contributed by atoms with Gasteiger partial charge in [0.2, 0.25) is 0 Å². The second-order valence-corrected chi connectivity index (χ2v) is 12.2. The SMILES string of the molecule is Cc1ccccc1C(NP(=S)(c1ccccc1)c1ccccc1)C(C)C(O)C(C)C=O. The van der Waals surface area contributed by atoms with Crippen molar-refractivity contribution in [3.05, 3.63) is 96.1 Å². The first-order valence-electron chi connectivity index (χ1n) is 10.6. The van der Waals surface area contributed by atoms with Crippen molar-refractivity contribution >= 4 is 34.9 Å². The molecule has 2 N–H and O–H groups in total. The average Bonchev–Trinajstić information content (AvgIpc) is 2.82. The van der Waals surface area contributed by atoms with Crippen LogP contribution in [-0.4, -0.2) is 17.5 Å². The summed E-state index contributed by atoms with van der Waals surface area (Å²) in [7, 11) is 0. The minimum Gasteiger partial charge on any atom is -0.392 e. The molecular formula is C26H30NO2PS. The lowest BCUT2D eigenvalue weighted by atomic mass is 9.84. The third-order valence-electron chi connectivity index (χ3n) is 5.90. The summed E-state index contributed by atoms with van der Waals surface area (Å²) in [6.07, 6.45) is -2.38. The summed E-state index contributed by atoms with van der Waals surface area (Å²) in [5, 5.41) is 16.9. The van der Waals surface area contributed by atoms with E-state index in [1.807, 2.05) is 55.5 Å². The highest BCUT2D eigenvalue weighted by Gasteiger charge is 2.34. The Balaban J connectivity index is 2.14. The average molecular weight is 452 g/mol. The molecule has 0 aliphatic carbocycles. The minimum absolute atomic E-state index is 0.218. The lowest BCUT2D eigenvalue weighted by Crippen LogP contribution is -2.39. The Morgan fingerprint density at radius 2 is 1.35 bits per heavy atom. The lowest BCUT2D eigenvalue weighted by molar-refractivity contribution is -0.114. The largest absolute Gasteiger partial charge is 0.392 e. The van der Waals surface area contributed by atoms with Gasteiger partial charge in [-0.15, -0.1) is 0 Å². The molecular weight excluding hydrogens is 421 g/mol. The van der Waals surface area contributed by atoms with Crippen LogP contribution in [0.5, 0.6) is 0 Å². The Morgan fingerprint density at radius 3 is 1.84 bits per heavy atom. The number of aliphatic hydroxyl groups is 1. The zero-order valence-corrected chi connectivity index (χ0v) is 19.9. The molecule has 0 heterocycles. The molecule has 0 amide bonds. The van der Waals surface area contributed by atoms with E-state index in [2.05, 4.69) is 48.4 Å². The summed E-state index contributed by atoms with van der Waals surface area (Å²) in [4.78, 5) is 11.4. The lowest BCUT2D eigenvalue weighted by Gasteiger charge is -2.37. The summed E-state index contributed by atoms with van der Waals surface area (Å²) < 4.78 is 0. The molecule has 0 bridgehead atoms. The smallest absolute Gasteiger partial charge is 0.125 e. The Kier molecular flexibility index (Phi) is 7.96. The molecule has 0 aliphatic rings. The van der Waals surface area contributed by atoms with Crippen LogP contribution in [-0.2, 0) is 16.6 Å². The molecule has 0 saturated carbocycles. The first-order valence-corrected chi connectivity index (χ1v) is 13.4. The predicted molar refractivity (Wildman–Crippen MR) is 134 cm³/mol. The molecule has 4 atom stereocenters. The van der Waals surface area contributed by atoms with Crippen molar-refractivity contribution < 1.29 is 9.90 Å². The van der Waals surface area contributed by atoms with Crippen molar-refractivity contribution in [2.75, 3.05) is 0 Å². The molecule has 3 rings (SSSR count). The van der Waals surface area contributed by atoms with Crippen molar-refractivity contribution in [3.8, 4) is 0 Å². The zero-order valence-electron chi connectivity index (χ0n) is 18.2. The number of aldehydes is 1. The van der Waals surface area contributed by atoms with E-state index < -0.39 is 18.2 Å². The number of carbonyl (C=O) groups excluding carboxylic acids is 1. The molecule has 0 aromatic heterocycles. The van der Waals surface area contributed by atoms with Gasteiger partial charge in [-0.3, -0.25) is 5.09 Å². The molecule has 0 radical (unpaired) electrons. The number of hydrogen-bond acceptors (Lipinski definition) is 3. The van der Waals surface area contributed by atoms with Gasteiger partial charge in [0.15, 0.2) is 0 Å². The Bertz CT molecular complexity index is 998. The molecule has 3 aromatic rings. The maximum absolute atomic E-state index is 11.4. The zero-order chi connectivity index (χ0) is 22.4. The molecule has 0 saturated heterocycles. The fourth-order valence-electron chi connectivity index (χ4n) is 3.93. The van der Waals surface area contributed by atoms with Crippen LogP contribution in [0.15, 0.2) is 84.9 Å². The quantitative estimate of drug-likeness (QED) is 0.371. The summed E-state index contributed by atoms with van der Waals surface area (Å²) in [5.41, 5.74) is 2.22. The van der Waals surface area contributed by atoms with Crippen LogP contribution in [0.1, 0.15) is 31.0 Å². The normalized spacial score (nSPS) is 15.6. The summed E-state index contributed by atoms with van der Waals surface area (Å²) >= 11 is 6.40. The van der Waals surface area contributed by atoms with E-state index in [0.29, 0.717) is 0 Å². The van der Waals surface area contributed by atoms with Crippen LogP contribution >= 0.6 is 6.19 Å². The van der Waals surface area contributed by atoms with Crippen LogP contribution in [0.3, 0.4) is 0 Å². The molecule has 162 valence electrons. The standard InChI is InChI=1S/C26H30NO2PS/c1-19-12-10-11-17-24(19)25(21(3)26(29)20(2)18-28)27-30(31,22-13-6-4-7-14-22)23-15-8-5-9-16-23/h4-18,20-21,25-26,29H,1-3H3,(H,27,31). The number of benzene rings is 3. The van der Waals surface area contributed by atoms with E-state index >= 15 is 0 Å². The number of rotatable bonds is 9. The van der Waals surface area contributed by atoms with Gasteiger partial charge in [-0.05, 0) is 18.1 Å². The van der Waals surface area contributed by atoms with Crippen molar-refractivity contribution in [3.63, 3.8) is 0 Å². The van der Waals surface area contributed by atoms with E-state index in [4.69, 9.17) is 11.8 Å². The monoisotopic (exact) mass is 451 g/mol. The van der Waals surface area contributed by atoms with E-state index in [1.54, 1.807) is 6.92 Å². The van der Waals surface area contributed by atoms with Gasteiger partial charge in [0.1, 0.15) is 6.29 Å². The maximum atomic E-state index is 11.4. The van der Waals surface area contributed by atoms with Gasteiger partial charge in [0.25, 0.3) is 0 Å². The number of aliphatic hydroxyl groups excluding tert-OH is 1. The molecule has 4 unspecified atom stereocenters. The van der Waals surface area contributed by atoms with E-state index in [9.17, 15) is 9.90 Å². The van der Waals surface area contributed by atoms with Crippen LogP contribution in [0, 0.1) is 18.8 Å². The van der Waals surface area contributed by atoms with Gasteiger partial charge in [-0.2, -0.15) is 0 Å². The number of nitrogens with one attached hydrogen (secondary N) is 1. The topological polar surface area (TPSA) is 49.3 Å². The highest BCUT2D eigenvalue weighted by atomic mass is 32.4. The summed E-state index contributed by atoms with van der Waals surface area (Å²) in [6.45, 7) is 5.82. The Morgan fingerprint density at radius 1 is 0.871 bits per heavy atom. The van der Waals surface area contributed by atoms with E-state index in [0.717, 1.165) is 28.0 Å². The van der Waals surface area contributed by atoms with Gasteiger partial charge >= 0.3 is 0 Å². The fourth-order valence-corrected chi connectivity index (χ4v) is 7.55. The Labute approximate surface area is 190 Å². The third kappa shape index (κ3) is 5.22. The third-order valence-corrected chi connectivity index (χ3v) is 10.2. The molecule has 31 heavy (non-hydrogen) atoms. The maximum Gasteiger partial charge on any atom is 0.125 e. The molecule has 5 heteroatoms. The van der Waals surface area contributed by atoms with Crippen molar-refractivity contribution in [2.24, 2.45) is 11.8 Å². The predicted octanol–water partition coefficient (Wildman–Crippen LogP) is 4.50. The van der Waals surface area contributed by atoms with Gasteiger partial charge in [0.05, 0.1) is 12.3 Å². The van der Waals surface area contributed by atoms with Gasteiger partial charge < -0.3 is 9.90 Å². The molecule has 0 fully saturated rings. The second-order valence-electron chi connectivity index (χ2n) is 8.09. The van der Waals surface area contributed by atoms with Crippen molar-refractivity contribution in [2.45, 2.75) is 32.9 Å². The van der Waals surface area contributed by atoms with Gasteiger partial charge in [-0.25, -0.2) is 0 Å². The number of carbonyl (C=O) groups is 1. The van der Waals surface area contributed by atoms with Crippen LogP contribution in [0.2, 0.25) is 0 Å². The molecule has 3 aromatic carbocycles. The minimum atomic E-state index is -2.41. The van der Waals surface area contributed by atoms with Gasteiger partial charge in [0, 0.05) is 28.5 Å². The Hall–Kier alpha value is -2.10. The first kappa shape index (κ1) is 23.6. The summed E-state index contributed by atoms with van der Waals surface area (Å²) in [6, 6.07) is 28.3. The highest BCUT2D eigenvalue weighted by Crippen LogP contribution is 2.45. The van der Waals surface area contributed by atoms with E-state index in [1.165, 1.54) is 0 Å². The first-order chi connectivity index (χ1) is 14.9. The molecule has 0 spiro atoms. The van der Waals surface area contributed by atoms with Crippen LogP contribution in [0.4, 0.5) is 0 Å². The van der Waals surface area contributed by atoms with Crippen LogP contribution in [0.25, 0.3) is 0 Å². The van der Waals surface area contributed by atoms with Crippen molar-refractivity contribution in [1.29, 1.82) is 0 Å². The number of aryl methyl sites for hydroxylation is 1. The molecule has 3 nitrogen and oxygen atoms in total. The van der Waals surface area contributed by atoms with E-state index in [-0.39, 0.29) is 12.0 Å². The van der Waals surface area contributed by atoms with Gasteiger partial charge in [-0.1, -0.05) is 111 Å². The second kappa shape index (κ2) is 10.5. The molecule has 0 aliphatic heterocycles.